The van der Waals surface area contributed by atoms with Crippen LogP contribution in [0.1, 0.15) is 116 Å². The number of ketones is 1. The summed E-state index contributed by atoms with van der Waals surface area (Å²) < 4.78 is 0. The normalized spacial score (nSPS) is 8.85. The number of aliphatic imine (C=N–C) groups is 1. The molecule has 0 aliphatic heterocycles. The van der Waals surface area contributed by atoms with E-state index in [0.717, 1.165) is 30.4 Å². The van der Waals surface area contributed by atoms with Gasteiger partial charge in [0, 0.05) is 11.9 Å². The summed E-state index contributed by atoms with van der Waals surface area (Å²) in [5, 5.41) is 0. The summed E-state index contributed by atoms with van der Waals surface area (Å²) in [6.07, 6.45) is 8.81. The third-order valence-corrected chi connectivity index (χ3v) is 2.38. The van der Waals surface area contributed by atoms with Crippen molar-refractivity contribution in [3.63, 3.8) is 0 Å². The van der Waals surface area contributed by atoms with Crippen molar-refractivity contribution < 1.29 is 4.79 Å². The largest absolute Gasteiger partial charge is 0.300 e. The summed E-state index contributed by atoms with van der Waals surface area (Å²) in [6, 6.07) is 0. The van der Waals surface area contributed by atoms with E-state index in [0.29, 0.717) is 0 Å². The zero-order chi connectivity index (χ0) is 22.8. The van der Waals surface area contributed by atoms with Crippen LogP contribution in [0.5, 0.6) is 0 Å². The van der Waals surface area contributed by atoms with Crippen LogP contribution in [-0.2, 0) is 4.79 Å². The summed E-state index contributed by atoms with van der Waals surface area (Å²) in [7, 11) is 0. The van der Waals surface area contributed by atoms with Crippen molar-refractivity contribution in [2.75, 3.05) is 0 Å². The molecule has 2 nitrogen and oxygen atoms in total. The molecular formula is C25H53NO. The van der Waals surface area contributed by atoms with E-state index >= 15 is 0 Å². The molecule has 0 aromatic heterocycles. The molecule has 2 heteroatoms. The molecular weight excluding hydrogens is 330 g/mol. The van der Waals surface area contributed by atoms with E-state index in [-0.39, 0.29) is 5.78 Å². The van der Waals surface area contributed by atoms with Crippen molar-refractivity contribution in [1.29, 1.82) is 0 Å². The Bertz CT molecular complexity index is 337. The first-order valence-corrected chi connectivity index (χ1v) is 10.8. The van der Waals surface area contributed by atoms with Crippen LogP contribution >= 0.6 is 0 Å². The topological polar surface area (TPSA) is 29.4 Å². The Morgan fingerprint density at radius 2 is 1.26 bits per heavy atom. The predicted molar refractivity (Wildman–Crippen MR) is 130 cm³/mol. The Hall–Kier alpha value is -1.18. The van der Waals surface area contributed by atoms with E-state index in [1.165, 1.54) is 32.3 Å². The lowest BCUT2D eigenvalue weighted by atomic mass is 10.1. The van der Waals surface area contributed by atoms with Crippen LogP contribution in [0.25, 0.3) is 0 Å². The molecule has 0 radical (unpaired) electrons. The minimum absolute atomic E-state index is 0.167. The smallest absolute Gasteiger partial charge is 0.126 e. The van der Waals surface area contributed by atoms with Gasteiger partial charge in [-0.3, -0.25) is 4.99 Å². The maximum atomic E-state index is 9.44. The van der Waals surface area contributed by atoms with Gasteiger partial charge >= 0.3 is 0 Å². The van der Waals surface area contributed by atoms with E-state index < -0.39 is 0 Å². The Morgan fingerprint density at radius 3 is 1.41 bits per heavy atom. The first-order valence-electron chi connectivity index (χ1n) is 10.8. The molecule has 0 aliphatic carbocycles. The molecule has 0 bridgehead atoms. The summed E-state index contributed by atoms with van der Waals surface area (Å²) in [6.45, 7) is 30.2. The molecule has 0 saturated carbocycles. The lowest BCUT2D eigenvalue weighted by molar-refractivity contribution is -0.114. The Morgan fingerprint density at radius 1 is 0.926 bits per heavy atom. The zero-order valence-corrected chi connectivity index (χ0v) is 21.2. The molecule has 164 valence electrons. The second kappa shape index (κ2) is 32.5. The Balaban J connectivity index is -0.0000000854. The standard InChI is InChI=1S/C10H17N.C6H14.C4H10.C3H6O.C2H6/c1-5-10(6-2)7-8-11-9(3)4;1-4-5-6(2)3;1-4(2)3;1-3(2)4;1-2/h7-8H,3,5-6H2,1-2,4H3;6H,4-5H2,1-3H3;4H,1-3H3;1-2H3;1-2H3. The predicted octanol–water partition coefficient (Wildman–Crippen LogP) is 9.06. The van der Waals surface area contributed by atoms with Gasteiger partial charge in [0.15, 0.2) is 0 Å². The molecule has 0 aliphatic rings. The highest BCUT2D eigenvalue weighted by Crippen LogP contribution is 2.03. The SMILES string of the molecule is C=C(C)N=CC=C(CC)CC.CC.CC(C)=O.CC(C)C.CCCC(C)C. The fourth-order valence-corrected chi connectivity index (χ4v) is 1.33. The maximum Gasteiger partial charge on any atom is 0.126 e. The summed E-state index contributed by atoms with van der Waals surface area (Å²) >= 11 is 0. The molecule has 0 amide bonds. The second-order valence-electron chi connectivity index (χ2n) is 7.37. The highest BCUT2D eigenvalue weighted by atomic mass is 16.1. The average molecular weight is 384 g/mol. The first-order chi connectivity index (χ1) is 12.4. The van der Waals surface area contributed by atoms with Crippen molar-refractivity contribution in [3.8, 4) is 0 Å². The first kappa shape index (κ1) is 36.7. The van der Waals surface area contributed by atoms with E-state index in [2.05, 4.69) is 73.0 Å². The lowest BCUT2D eigenvalue weighted by Gasteiger charge is -1.95. The van der Waals surface area contributed by atoms with Gasteiger partial charge < -0.3 is 4.79 Å². The molecule has 27 heavy (non-hydrogen) atoms. The van der Waals surface area contributed by atoms with Crippen LogP contribution in [0.3, 0.4) is 0 Å². The van der Waals surface area contributed by atoms with Crippen molar-refractivity contribution in [1.82, 2.24) is 0 Å². The van der Waals surface area contributed by atoms with E-state index in [4.69, 9.17) is 0 Å². The van der Waals surface area contributed by atoms with Gasteiger partial charge in [-0.1, -0.05) is 94.2 Å². The quantitative estimate of drug-likeness (QED) is 0.420. The monoisotopic (exact) mass is 383 g/mol. The van der Waals surface area contributed by atoms with Gasteiger partial charge in [-0.15, -0.1) is 0 Å². The van der Waals surface area contributed by atoms with Gasteiger partial charge in [0.2, 0.25) is 0 Å². The maximum absolute atomic E-state index is 9.44. The Kier molecular flexibility index (Phi) is 44.2. The fourth-order valence-electron chi connectivity index (χ4n) is 1.33. The van der Waals surface area contributed by atoms with Crippen molar-refractivity contribution in [3.05, 3.63) is 23.9 Å². The average Bonchev–Trinajstić information content (AvgIpc) is 2.52. The van der Waals surface area contributed by atoms with Crippen molar-refractivity contribution in [2.45, 2.75) is 116 Å². The third-order valence-electron chi connectivity index (χ3n) is 2.38. The van der Waals surface area contributed by atoms with Crippen LogP contribution in [0.4, 0.5) is 0 Å². The summed E-state index contributed by atoms with van der Waals surface area (Å²) in [5.74, 6) is 1.90. The zero-order valence-electron chi connectivity index (χ0n) is 21.2. The highest BCUT2D eigenvalue weighted by molar-refractivity contribution is 5.73. The number of nitrogens with zero attached hydrogens (tertiary/aromatic N) is 1. The number of carbonyl (C=O) groups excluding carboxylic acids is 1. The molecule has 0 unspecified atom stereocenters. The number of hydrogen-bond donors (Lipinski definition) is 0. The fraction of sp³-hybridized carbons (Fsp3) is 0.760. The van der Waals surface area contributed by atoms with Crippen LogP contribution in [0.15, 0.2) is 28.9 Å². The molecule has 0 heterocycles. The molecule has 0 aromatic carbocycles. The van der Waals surface area contributed by atoms with Crippen molar-refractivity contribution in [2.24, 2.45) is 16.8 Å². The minimum atomic E-state index is 0.167. The molecule has 0 rings (SSSR count). The molecule has 0 N–H and O–H groups in total. The summed E-state index contributed by atoms with van der Waals surface area (Å²) in [5.41, 5.74) is 2.28. The van der Waals surface area contributed by atoms with Crippen LogP contribution in [-0.4, -0.2) is 12.0 Å². The van der Waals surface area contributed by atoms with Crippen LogP contribution < -0.4 is 0 Å². The molecule has 0 spiro atoms. The molecule has 0 fully saturated rings. The number of allylic oxidation sites excluding steroid dienone is 3. The van der Waals surface area contributed by atoms with E-state index in [1.807, 2.05) is 27.0 Å². The summed E-state index contributed by atoms with van der Waals surface area (Å²) in [4.78, 5) is 13.5. The van der Waals surface area contributed by atoms with Gasteiger partial charge in [0.1, 0.15) is 5.78 Å². The number of rotatable bonds is 6. The second-order valence-corrected chi connectivity index (χ2v) is 7.37. The van der Waals surface area contributed by atoms with E-state index in [1.54, 1.807) is 0 Å². The highest BCUT2D eigenvalue weighted by Gasteiger charge is 1.86. The molecule has 0 saturated heterocycles. The third kappa shape index (κ3) is 92.5. The number of carbonyl (C=O) groups is 1. The number of Topliss-reactive ketones (excluding diaryl/α,β-unsaturated/α-hetero) is 1. The number of hydrogen-bond acceptors (Lipinski definition) is 2. The van der Waals surface area contributed by atoms with Gasteiger partial charge in [0.05, 0.1) is 0 Å². The Labute approximate surface area is 173 Å². The van der Waals surface area contributed by atoms with Gasteiger partial charge in [0.25, 0.3) is 0 Å². The van der Waals surface area contributed by atoms with Gasteiger partial charge in [-0.05, 0) is 51.5 Å². The van der Waals surface area contributed by atoms with Crippen LogP contribution in [0.2, 0.25) is 0 Å². The lowest BCUT2D eigenvalue weighted by Crippen LogP contribution is -1.81. The minimum Gasteiger partial charge on any atom is -0.300 e. The van der Waals surface area contributed by atoms with Crippen LogP contribution in [0, 0.1) is 11.8 Å². The van der Waals surface area contributed by atoms with Crippen molar-refractivity contribution >= 4 is 12.0 Å². The van der Waals surface area contributed by atoms with Gasteiger partial charge in [-0.25, -0.2) is 0 Å². The molecule has 0 aromatic rings. The molecule has 0 atom stereocenters. The van der Waals surface area contributed by atoms with E-state index in [9.17, 15) is 4.79 Å². The van der Waals surface area contributed by atoms with Gasteiger partial charge in [-0.2, -0.15) is 0 Å².